The molecule has 11 nitrogen and oxygen atoms in total. The third-order valence-corrected chi connectivity index (χ3v) is 11.1. The van der Waals surface area contributed by atoms with Crippen LogP contribution in [0.3, 0.4) is 0 Å². The van der Waals surface area contributed by atoms with E-state index < -0.39 is 62.0 Å². The van der Waals surface area contributed by atoms with Crippen molar-refractivity contribution in [1.82, 2.24) is 9.62 Å². The van der Waals surface area contributed by atoms with Crippen molar-refractivity contribution in [3.63, 3.8) is 0 Å². The van der Waals surface area contributed by atoms with Crippen molar-refractivity contribution in [3.8, 4) is 0 Å². The highest BCUT2D eigenvalue weighted by Crippen LogP contribution is 2.53. The predicted molar refractivity (Wildman–Crippen MR) is 173 cm³/mol. The first kappa shape index (κ1) is 32.4. The summed E-state index contributed by atoms with van der Waals surface area (Å²) in [7, 11) is 4.01. The minimum Gasteiger partial charge on any atom is -0.508 e. The Morgan fingerprint density at radius 3 is 2.31 bits per heavy atom. The molecule has 0 saturated heterocycles. The molecule has 0 radical (unpaired) electrons. The summed E-state index contributed by atoms with van der Waals surface area (Å²) in [5.41, 5.74) is 6.21. The molecule has 0 spiro atoms. The van der Waals surface area contributed by atoms with E-state index in [1.54, 1.807) is 33.2 Å². The number of Topliss-reactive ketones (excluding diaryl/α,β-unsaturated/α-hetero) is 2. The average molecular weight is 637 g/mol. The van der Waals surface area contributed by atoms with Gasteiger partial charge in [0.1, 0.15) is 17.1 Å². The van der Waals surface area contributed by atoms with Gasteiger partial charge < -0.3 is 26.0 Å². The number of benzene rings is 2. The van der Waals surface area contributed by atoms with Crippen molar-refractivity contribution >= 4 is 44.5 Å². The third kappa shape index (κ3) is 4.96. The van der Waals surface area contributed by atoms with Crippen molar-refractivity contribution in [3.05, 3.63) is 75.1 Å². The maximum atomic E-state index is 14.2. The Morgan fingerprint density at radius 1 is 1.13 bits per heavy atom. The van der Waals surface area contributed by atoms with Crippen molar-refractivity contribution < 1.29 is 33.9 Å². The number of nitrogens with zero attached hydrogens (tertiary/aromatic N) is 2. The zero-order valence-electron chi connectivity index (χ0n) is 26.3. The van der Waals surface area contributed by atoms with Crippen LogP contribution in [0.4, 0.5) is 5.69 Å². The highest BCUT2D eigenvalue weighted by molar-refractivity contribution is 7.98. The lowest BCUT2D eigenvalue weighted by Crippen LogP contribution is -2.65. The van der Waals surface area contributed by atoms with Crippen LogP contribution in [-0.4, -0.2) is 87.6 Å². The first-order valence-electron chi connectivity index (χ1n) is 14.6. The highest BCUT2D eigenvalue weighted by atomic mass is 32.2. The minimum absolute atomic E-state index is 0.0705. The molecular weight excluding hydrogens is 596 g/mol. The number of aryl methyl sites for hydroxylation is 1. The van der Waals surface area contributed by atoms with Crippen LogP contribution in [0, 0.1) is 25.7 Å². The molecular formula is C33H40N4O7S. The molecule has 45 heavy (non-hydrogen) atoms. The molecule has 240 valence electrons. The monoisotopic (exact) mass is 636 g/mol. The maximum absolute atomic E-state index is 14.2. The van der Waals surface area contributed by atoms with Crippen LogP contribution in [0.25, 0.3) is 5.76 Å². The highest BCUT2D eigenvalue weighted by Gasteiger charge is 2.64. The Labute approximate surface area is 263 Å². The largest absolute Gasteiger partial charge is 0.508 e. The summed E-state index contributed by atoms with van der Waals surface area (Å²) >= 11 is 0. The van der Waals surface area contributed by atoms with Crippen LogP contribution in [0.15, 0.2) is 52.1 Å². The SMILES string of the molecule is C=S(=O)(NCc1cc(N(C)C)c2c(c1C)C(O)=C1C(=O)[C@]3(O)C(O)=C(C(N)=O)C(=O)C(N(C)C)[C@@H]3C[C@@H]1C2)c1ccc(C)cc1. The number of hydrogen-bond acceptors (Lipinski definition) is 9. The fraction of sp³-hybridized carbons (Fsp3) is 0.394. The van der Waals surface area contributed by atoms with E-state index in [9.17, 15) is 33.9 Å². The molecule has 3 aliphatic rings. The number of aliphatic hydroxyl groups is 3. The summed E-state index contributed by atoms with van der Waals surface area (Å²) in [6.07, 6.45) is 0.382. The van der Waals surface area contributed by atoms with Gasteiger partial charge in [-0.15, -0.1) is 0 Å². The lowest BCUT2D eigenvalue weighted by Gasteiger charge is -2.50. The number of amides is 1. The van der Waals surface area contributed by atoms with Gasteiger partial charge in [-0.25, -0.2) is 8.93 Å². The van der Waals surface area contributed by atoms with Gasteiger partial charge in [0.15, 0.2) is 11.4 Å². The van der Waals surface area contributed by atoms with Gasteiger partial charge in [-0.05, 0) is 87.5 Å². The summed E-state index contributed by atoms with van der Waals surface area (Å²) in [5, 5.41) is 34.8. The van der Waals surface area contributed by atoms with Crippen molar-refractivity contribution in [2.24, 2.45) is 17.6 Å². The Balaban J connectivity index is 1.64. The lowest BCUT2D eigenvalue weighted by molar-refractivity contribution is -0.153. The predicted octanol–water partition coefficient (Wildman–Crippen LogP) is 1.72. The van der Waals surface area contributed by atoms with E-state index in [4.69, 9.17) is 5.73 Å². The van der Waals surface area contributed by atoms with E-state index in [-0.39, 0.29) is 24.3 Å². The van der Waals surface area contributed by atoms with Gasteiger partial charge >= 0.3 is 0 Å². The minimum atomic E-state index is -2.87. The number of rotatable bonds is 7. The van der Waals surface area contributed by atoms with E-state index in [2.05, 4.69) is 10.6 Å². The fourth-order valence-corrected chi connectivity index (χ4v) is 8.28. The normalized spacial score (nSPS) is 25.9. The molecule has 1 fully saturated rings. The molecule has 0 aromatic heterocycles. The molecule has 5 atom stereocenters. The third-order valence-electron chi connectivity index (χ3n) is 9.47. The zero-order valence-corrected chi connectivity index (χ0v) is 27.1. The van der Waals surface area contributed by atoms with E-state index in [1.165, 1.54) is 4.90 Å². The standard InChI is InChI=1S/C33H40N4O7S/c1-16-8-10-20(11-9-16)45(7,44)35-15-19-14-23(36(3)4)21-12-18-13-22-27(37(5)6)29(39)26(32(34)42)31(41)33(22,43)30(40)25(18)28(38)24(21)17(19)2/h8-11,14,18,22,27,38,41,43H,7,12-13,15H2,1-6H3,(H2,34,42)(H,35,44)/t18-,22-,27?,33-,45?/m0/s1. The second kappa shape index (κ2) is 11.1. The number of ketones is 2. The number of nitrogens with two attached hydrogens (primary N) is 1. The number of anilines is 1. The molecule has 0 bridgehead atoms. The molecule has 12 heteroatoms. The number of likely N-dealkylation sites (N-methyl/N-ethyl adjacent to an activating group) is 1. The molecule has 6 N–H and O–H groups in total. The zero-order chi connectivity index (χ0) is 33.3. The van der Waals surface area contributed by atoms with Crippen molar-refractivity contribution in [2.75, 3.05) is 33.1 Å². The first-order chi connectivity index (χ1) is 20.9. The fourth-order valence-electron chi connectivity index (χ4n) is 7.15. The lowest BCUT2D eigenvalue weighted by atomic mass is 9.57. The molecule has 5 rings (SSSR count). The molecule has 3 aliphatic carbocycles. The summed E-state index contributed by atoms with van der Waals surface area (Å²) in [6.45, 7) is 3.86. The molecule has 1 saturated carbocycles. The van der Waals surface area contributed by atoms with Crippen LogP contribution in [-0.2, 0) is 37.1 Å². The van der Waals surface area contributed by atoms with Gasteiger partial charge in [-0.2, -0.15) is 0 Å². The smallest absolute Gasteiger partial charge is 0.255 e. The molecule has 2 aromatic carbocycles. The summed E-state index contributed by atoms with van der Waals surface area (Å²) in [5.74, 6) is -2.19. The van der Waals surface area contributed by atoms with Gasteiger partial charge in [0.2, 0.25) is 5.78 Å². The number of carbonyl (C=O) groups is 3. The van der Waals surface area contributed by atoms with Crippen LogP contribution < -0.4 is 15.4 Å². The summed E-state index contributed by atoms with van der Waals surface area (Å²) in [4.78, 5) is 43.7. The van der Waals surface area contributed by atoms with E-state index in [0.29, 0.717) is 28.0 Å². The van der Waals surface area contributed by atoms with Crippen LogP contribution in [0.2, 0.25) is 0 Å². The Morgan fingerprint density at radius 2 is 1.76 bits per heavy atom. The van der Waals surface area contributed by atoms with Gasteiger partial charge in [-0.1, -0.05) is 17.7 Å². The maximum Gasteiger partial charge on any atom is 0.255 e. The number of fused-ring (bicyclic) bond motifs is 3. The Kier molecular flexibility index (Phi) is 8.02. The Hall–Kier alpha value is -3.97. The second-order valence-electron chi connectivity index (χ2n) is 12.7. The second-order valence-corrected chi connectivity index (χ2v) is 14.8. The Bertz CT molecular complexity index is 1810. The van der Waals surface area contributed by atoms with Crippen molar-refractivity contribution in [2.45, 2.75) is 49.8 Å². The van der Waals surface area contributed by atoms with Crippen LogP contribution in [0.1, 0.15) is 34.2 Å². The van der Waals surface area contributed by atoms with Crippen LogP contribution in [0.5, 0.6) is 0 Å². The number of carbonyl (C=O) groups excluding carboxylic acids is 3. The number of aliphatic hydroxyl groups excluding tert-OH is 2. The topological polar surface area (TPSA) is 174 Å². The number of hydrogen-bond donors (Lipinski definition) is 5. The molecule has 2 aromatic rings. The number of primary amides is 1. The van der Waals surface area contributed by atoms with E-state index in [0.717, 1.165) is 16.8 Å². The quantitative estimate of drug-likeness (QED) is 0.224. The molecule has 0 aliphatic heterocycles. The van der Waals surface area contributed by atoms with Gasteiger partial charge in [0.25, 0.3) is 5.91 Å². The van der Waals surface area contributed by atoms with Gasteiger partial charge in [-0.3, -0.25) is 19.3 Å². The first-order valence-corrected chi connectivity index (χ1v) is 16.3. The molecule has 2 unspecified atom stereocenters. The molecule has 1 amide bonds. The molecule has 0 heterocycles. The summed E-state index contributed by atoms with van der Waals surface area (Å²) < 4.78 is 16.6. The summed E-state index contributed by atoms with van der Waals surface area (Å²) in [6, 6.07) is 8.08. The van der Waals surface area contributed by atoms with Gasteiger partial charge in [0, 0.05) is 48.3 Å². The number of nitrogens with one attached hydrogen (secondary N) is 1. The average Bonchev–Trinajstić information content (AvgIpc) is 2.94. The van der Waals surface area contributed by atoms with Crippen molar-refractivity contribution in [1.29, 1.82) is 0 Å². The van der Waals surface area contributed by atoms with E-state index in [1.807, 2.05) is 44.1 Å². The van der Waals surface area contributed by atoms with Crippen LogP contribution >= 0.6 is 0 Å². The van der Waals surface area contributed by atoms with Gasteiger partial charge in [0.05, 0.1) is 15.7 Å². The van der Waals surface area contributed by atoms with E-state index >= 15 is 0 Å².